The fourth-order valence-electron chi connectivity index (χ4n) is 1.49. The van der Waals surface area contributed by atoms with Crippen LogP contribution in [0, 0.1) is 6.92 Å². The van der Waals surface area contributed by atoms with Crippen LogP contribution in [0.25, 0.3) is 0 Å². The van der Waals surface area contributed by atoms with Gasteiger partial charge in [-0.1, -0.05) is 32.9 Å². The minimum absolute atomic E-state index is 0.259. The minimum atomic E-state index is -4.82. The first-order valence-corrected chi connectivity index (χ1v) is 5.26. The first-order valence-electron chi connectivity index (χ1n) is 5.26. The lowest BCUT2D eigenvalue weighted by atomic mass is 9.84. The summed E-state index contributed by atoms with van der Waals surface area (Å²) in [5.74, 6) is -1.78. The molecule has 4 heteroatoms. The summed E-state index contributed by atoms with van der Waals surface area (Å²) in [4.78, 5) is 11.2. The predicted octanol–water partition coefficient (Wildman–Crippen LogP) is 4.04. The quantitative estimate of drug-likeness (QED) is 0.681. The lowest BCUT2D eigenvalue weighted by molar-refractivity contribution is -0.0885. The highest BCUT2D eigenvalue weighted by molar-refractivity contribution is 6.01. The van der Waals surface area contributed by atoms with Crippen molar-refractivity contribution < 1.29 is 18.0 Å². The summed E-state index contributed by atoms with van der Waals surface area (Å²) in [5, 5.41) is 0. The molecule has 1 aromatic carbocycles. The molecule has 0 saturated heterocycles. The van der Waals surface area contributed by atoms with Gasteiger partial charge in [0.15, 0.2) is 0 Å². The maximum Gasteiger partial charge on any atom is 0.454 e. The molecule has 1 aromatic rings. The Hall–Kier alpha value is -1.32. The molecule has 0 atom stereocenters. The van der Waals surface area contributed by atoms with Crippen LogP contribution in [0.5, 0.6) is 0 Å². The Bertz CT molecular complexity index is 439. The number of Topliss-reactive ketones (excluding diaryl/α,β-unsaturated/α-hetero) is 1. The first kappa shape index (κ1) is 13.7. The van der Waals surface area contributed by atoms with E-state index in [1.165, 1.54) is 13.0 Å². The van der Waals surface area contributed by atoms with E-state index in [1.807, 2.05) is 20.8 Å². The number of hydrogen-bond donors (Lipinski definition) is 0. The Kier molecular flexibility index (Phi) is 3.37. The van der Waals surface area contributed by atoms with Crippen molar-refractivity contribution in [2.45, 2.75) is 39.3 Å². The fourth-order valence-corrected chi connectivity index (χ4v) is 1.49. The van der Waals surface area contributed by atoms with Gasteiger partial charge in [0.25, 0.3) is 5.78 Å². The lowest BCUT2D eigenvalue weighted by Crippen LogP contribution is -2.24. The zero-order chi connectivity index (χ0) is 13.4. The highest BCUT2D eigenvalue weighted by Crippen LogP contribution is 2.28. The second-order valence-electron chi connectivity index (χ2n) is 5.11. The predicted molar refractivity (Wildman–Crippen MR) is 60.3 cm³/mol. The molecular formula is C13H15F3O. The number of benzene rings is 1. The summed E-state index contributed by atoms with van der Waals surface area (Å²) in [7, 11) is 0. The van der Waals surface area contributed by atoms with Crippen molar-refractivity contribution in [2.75, 3.05) is 0 Å². The van der Waals surface area contributed by atoms with Crippen LogP contribution in [0.3, 0.4) is 0 Å². The molecule has 1 nitrogen and oxygen atoms in total. The van der Waals surface area contributed by atoms with Gasteiger partial charge in [0.05, 0.1) is 0 Å². The smallest absolute Gasteiger partial charge is 0.284 e. The zero-order valence-corrected chi connectivity index (χ0v) is 10.3. The molecule has 0 unspecified atom stereocenters. The number of carbonyl (C=O) groups is 1. The lowest BCUT2D eigenvalue weighted by Gasteiger charge is -2.20. The Labute approximate surface area is 98.6 Å². The van der Waals surface area contributed by atoms with E-state index in [4.69, 9.17) is 0 Å². The van der Waals surface area contributed by atoms with Crippen molar-refractivity contribution in [2.24, 2.45) is 0 Å². The van der Waals surface area contributed by atoms with Crippen LogP contribution in [-0.2, 0) is 5.41 Å². The van der Waals surface area contributed by atoms with Crippen LogP contribution in [-0.4, -0.2) is 12.0 Å². The normalized spacial score (nSPS) is 12.6. The second kappa shape index (κ2) is 4.17. The van der Waals surface area contributed by atoms with E-state index >= 15 is 0 Å². The zero-order valence-electron chi connectivity index (χ0n) is 10.3. The van der Waals surface area contributed by atoms with E-state index < -0.39 is 12.0 Å². The van der Waals surface area contributed by atoms with Crippen molar-refractivity contribution in [3.8, 4) is 0 Å². The number of rotatable bonds is 1. The highest BCUT2D eigenvalue weighted by Gasteiger charge is 2.40. The maximum atomic E-state index is 12.4. The van der Waals surface area contributed by atoms with Crippen LogP contribution >= 0.6 is 0 Å². The van der Waals surface area contributed by atoms with Gasteiger partial charge in [0.2, 0.25) is 0 Å². The van der Waals surface area contributed by atoms with Gasteiger partial charge in [-0.15, -0.1) is 0 Å². The third-order valence-electron chi connectivity index (χ3n) is 2.61. The highest BCUT2D eigenvalue weighted by atomic mass is 19.4. The van der Waals surface area contributed by atoms with Crippen LogP contribution in [0.15, 0.2) is 18.2 Å². The van der Waals surface area contributed by atoms with Gasteiger partial charge in [-0.2, -0.15) is 13.2 Å². The number of ketones is 1. The van der Waals surface area contributed by atoms with Crippen molar-refractivity contribution >= 4 is 5.78 Å². The molecule has 0 N–H and O–H groups in total. The van der Waals surface area contributed by atoms with Gasteiger partial charge in [0, 0.05) is 5.56 Å². The van der Waals surface area contributed by atoms with Crippen LogP contribution in [0.1, 0.15) is 42.3 Å². The van der Waals surface area contributed by atoms with Gasteiger partial charge < -0.3 is 0 Å². The fraction of sp³-hybridized carbons (Fsp3) is 0.462. The summed E-state index contributed by atoms with van der Waals surface area (Å²) in [6, 6.07) is 4.65. The van der Waals surface area contributed by atoms with E-state index in [-0.39, 0.29) is 11.0 Å². The molecule has 0 aromatic heterocycles. The third kappa shape index (κ3) is 3.08. The average Bonchev–Trinajstić information content (AvgIpc) is 2.14. The Morgan fingerprint density at radius 3 is 2.06 bits per heavy atom. The topological polar surface area (TPSA) is 17.1 Å². The molecule has 0 aliphatic heterocycles. The molecule has 0 saturated carbocycles. The molecule has 0 spiro atoms. The van der Waals surface area contributed by atoms with Crippen molar-refractivity contribution in [1.29, 1.82) is 0 Å². The molecule has 0 fully saturated rings. The van der Waals surface area contributed by atoms with Gasteiger partial charge in [-0.3, -0.25) is 4.79 Å². The maximum absolute atomic E-state index is 12.4. The van der Waals surface area contributed by atoms with Crippen LogP contribution < -0.4 is 0 Å². The van der Waals surface area contributed by atoms with Crippen LogP contribution in [0.4, 0.5) is 13.2 Å². The number of carbonyl (C=O) groups excluding carboxylic acids is 1. The van der Waals surface area contributed by atoms with Crippen molar-refractivity contribution in [3.63, 3.8) is 0 Å². The Morgan fingerprint density at radius 2 is 1.65 bits per heavy atom. The Morgan fingerprint density at radius 1 is 1.12 bits per heavy atom. The van der Waals surface area contributed by atoms with E-state index in [2.05, 4.69) is 0 Å². The largest absolute Gasteiger partial charge is 0.454 e. The SMILES string of the molecule is Cc1ccc(C(C)(C)C)cc1C(=O)C(F)(F)F. The molecule has 1 rings (SSSR count). The van der Waals surface area contributed by atoms with E-state index in [0.29, 0.717) is 5.56 Å². The molecule has 94 valence electrons. The number of hydrogen-bond acceptors (Lipinski definition) is 1. The molecule has 0 amide bonds. The summed E-state index contributed by atoms with van der Waals surface area (Å²) in [6.45, 7) is 7.17. The minimum Gasteiger partial charge on any atom is -0.284 e. The van der Waals surface area contributed by atoms with Gasteiger partial charge >= 0.3 is 6.18 Å². The van der Waals surface area contributed by atoms with E-state index in [9.17, 15) is 18.0 Å². The molecule has 0 heterocycles. The van der Waals surface area contributed by atoms with Gasteiger partial charge in [0.1, 0.15) is 0 Å². The van der Waals surface area contributed by atoms with Crippen LogP contribution in [0.2, 0.25) is 0 Å². The molecule has 0 aliphatic rings. The summed E-state index contributed by atoms with van der Waals surface area (Å²) < 4.78 is 37.2. The molecule has 0 bridgehead atoms. The standard InChI is InChI=1S/C13H15F3O/c1-8-5-6-9(12(2,3)4)7-10(8)11(17)13(14,15)16/h5-7H,1-4H3. The van der Waals surface area contributed by atoms with Gasteiger partial charge in [-0.25, -0.2) is 0 Å². The van der Waals surface area contributed by atoms with E-state index in [1.54, 1.807) is 12.1 Å². The second-order valence-corrected chi connectivity index (χ2v) is 5.11. The van der Waals surface area contributed by atoms with Crippen molar-refractivity contribution in [3.05, 3.63) is 34.9 Å². The number of halogens is 3. The van der Waals surface area contributed by atoms with E-state index in [0.717, 1.165) is 5.56 Å². The summed E-state index contributed by atoms with van der Waals surface area (Å²) in [6.07, 6.45) is -4.82. The summed E-state index contributed by atoms with van der Waals surface area (Å²) >= 11 is 0. The van der Waals surface area contributed by atoms with Gasteiger partial charge in [-0.05, 0) is 29.5 Å². The Balaban J connectivity index is 3.30. The molecule has 17 heavy (non-hydrogen) atoms. The summed E-state index contributed by atoms with van der Waals surface area (Å²) in [5.41, 5.74) is 0.523. The first-order chi connectivity index (χ1) is 7.53. The molecule has 0 radical (unpaired) electrons. The number of aryl methyl sites for hydroxylation is 1. The third-order valence-corrected chi connectivity index (χ3v) is 2.61. The van der Waals surface area contributed by atoms with Crippen molar-refractivity contribution in [1.82, 2.24) is 0 Å². The monoisotopic (exact) mass is 244 g/mol. The number of alkyl halides is 3. The molecular weight excluding hydrogens is 229 g/mol. The average molecular weight is 244 g/mol. The molecule has 0 aliphatic carbocycles.